The first-order valence-electron chi connectivity index (χ1n) is 4.93. The molecule has 1 aromatic carbocycles. The van der Waals surface area contributed by atoms with Crippen LogP contribution < -0.4 is 5.73 Å². The molecule has 0 saturated heterocycles. The van der Waals surface area contributed by atoms with Gasteiger partial charge >= 0.3 is 0 Å². The predicted octanol–water partition coefficient (Wildman–Crippen LogP) is 2.05. The van der Waals surface area contributed by atoms with E-state index in [0.29, 0.717) is 11.6 Å². The highest BCUT2D eigenvalue weighted by Crippen LogP contribution is 2.54. The fraction of sp³-hybridized carbons (Fsp3) is 0.455. The molecular weight excluding hydrogens is 214 g/mol. The first-order chi connectivity index (χ1) is 7.02. The topological polar surface area (TPSA) is 66.5 Å². The number of phenolic OH excluding ortho intramolecular Hbond substituents is 2. The van der Waals surface area contributed by atoms with Gasteiger partial charge in [0, 0.05) is 28.6 Å². The molecule has 0 aromatic heterocycles. The fourth-order valence-electron chi connectivity index (χ4n) is 2.08. The van der Waals surface area contributed by atoms with E-state index in [0.717, 1.165) is 24.0 Å². The molecule has 15 heavy (non-hydrogen) atoms. The SMILES string of the molecule is Cc1c(Cl)cc(O)c(O)c1C1(CN)CC1. The monoisotopic (exact) mass is 227 g/mol. The Balaban J connectivity index is 2.64. The summed E-state index contributed by atoms with van der Waals surface area (Å²) >= 11 is 5.97. The lowest BCUT2D eigenvalue weighted by Gasteiger charge is -2.19. The summed E-state index contributed by atoms with van der Waals surface area (Å²) in [5, 5.41) is 19.8. The van der Waals surface area contributed by atoms with Crippen molar-refractivity contribution in [1.29, 1.82) is 0 Å². The number of hydrogen-bond donors (Lipinski definition) is 3. The van der Waals surface area contributed by atoms with Crippen LogP contribution in [0.2, 0.25) is 5.02 Å². The van der Waals surface area contributed by atoms with Crippen molar-refractivity contribution in [3.63, 3.8) is 0 Å². The first-order valence-corrected chi connectivity index (χ1v) is 5.31. The zero-order valence-corrected chi connectivity index (χ0v) is 9.30. The lowest BCUT2D eigenvalue weighted by atomic mass is 9.90. The van der Waals surface area contributed by atoms with Gasteiger partial charge in [0.15, 0.2) is 11.5 Å². The maximum atomic E-state index is 9.85. The van der Waals surface area contributed by atoms with Crippen molar-refractivity contribution in [2.75, 3.05) is 6.54 Å². The number of nitrogens with two attached hydrogens (primary N) is 1. The molecule has 4 heteroatoms. The summed E-state index contributed by atoms with van der Waals surface area (Å²) in [5.74, 6) is -0.236. The van der Waals surface area contributed by atoms with Crippen molar-refractivity contribution in [3.05, 3.63) is 22.2 Å². The van der Waals surface area contributed by atoms with Gasteiger partial charge in [-0.15, -0.1) is 0 Å². The Hall–Kier alpha value is -0.930. The number of hydrogen-bond acceptors (Lipinski definition) is 3. The second-order valence-electron chi connectivity index (χ2n) is 4.21. The molecule has 1 aliphatic carbocycles. The van der Waals surface area contributed by atoms with Gasteiger partial charge in [-0.1, -0.05) is 11.6 Å². The van der Waals surface area contributed by atoms with E-state index in [2.05, 4.69) is 0 Å². The van der Waals surface area contributed by atoms with Crippen molar-refractivity contribution in [2.45, 2.75) is 25.2 Å². The van der Waals surface area contributed by atoms with Crippen LogP contribution in [0.3, 0.4) is 0 Å². The highest BCUT2D eigenvalue weighted by atomic mass is 35.5. The van der Waals surface area contributed by atoms with E-state index < -0.39 is 0 Å². The molecule has 0 atom stereocenters. The van der Waals surface area contributed by atoms with Crippen molar-refractivity contribution >= 4 is 11.6 Å². The number of aromatic hydroxyl groups is 2. The molecule has 82 valence electrons. The van der Waals surface area contributed by atoms with Crippen LogP contribution in [-0.2, 0) is 5.41 Å². The van der Waals surface area contributed by atoms with E-state index in [1.54, 1.807) is 0 Å². The lowest BCUT2D eigenvalue weighted by molar-refractivity contribution is 0.394. The maximum absolute atomic E-state index is 9.85. The number of rotatable bonds is 2. The molecule has 0 aliphatic heterocycles. The summed E-state index contributed by atoms with van der Waals surface area (Å²) < 4.78 is 0. The van der Waals surface area contributed by atoms with E-state index >= 15 is 0 Å². The minimum atomic E-state index is -0.170. The second kappa shape index (κ2) is 3.29. The number of phenols is 2. The normalized spacial score (nSPS) is 17.8. The molecule has 1 fully saturated rings. The van der Waals surface area contributed by atoms with Gasteiger partial charge in [0.05, 0.1) is 0 Å². The van der Waals surface area contributed by atoms with Crippen LogP contribution in [0.5, 0.6) is 11.5 Å². The molecule has 0 radical (unpaired) electrons. The average Bonchev–Trinajstić information content (AvgIpc) is 2.96. The largest absolute Gasteiger partial charge is 0.504 e. The molecule has 0 unspecified atom stereocenters. The molecule has 1 saturated carbocycles. The smallest absolute Gasteiger partial charge is 0.161 e. The molecule has 0 spiro atoms. The third kappa shape index (κ3) is 1.46. The Bertz CT molecular complexity index is 387. The fourth-order valence-corrected chi connectivity index (χ4v) is 2.28. The van der Waals surface area contributed by atoms with E-state index in [1.807, 2.05) is 6.92 Å². The highest BCUT2D eigenvalue weighted by molar-refractivity contribution is 6.31. The zero-order valence-electron chi connectivity index (χ0n) is 8.55. The molecule has 0 bridgehead atoms. The van der Waals surface area contributed by atoms with Crippen LogP contribution in [0.1, 0.15) is 24.0 Å². The molecule has 2 rings (SSSR count). The average molecular weight is 228 g/mol. The van der Waals surface area contributed by atoms with Crippen LogP contribution in [0.15, 0.2) is 6.07 Å². The van der Waals surface area contributed by atoms with Gasteiger partial charge in [-0.2, -0.15) is 0 Å². The van der Waals surface area contributed by atoms with Crippen LogP contribution >= 0.6 is 11.6 Å². The Morgan fingerprint density at radius 3 is 2.53 bits per heavy atom. The summed E-state index contributed by atoms with van der Waals surface area (Å²) in [6, 6.07) is 1.36. The van der Waals surface area contributed by atoms with Gasteiger partial charge in [-0.05, 0) is 25.3 Å². The van der Waals surface area contributed by atoms with Gasteiger partial charge in [0.2, 0.25) is 0 Å². The number of halogens is 1. The Kier molecular flexibility index (Phi) is 2.32. The molecule has 4 N–H and O–H groups in total. The summed E-state index contributed by atoms with van der Waals surface area (Å²) in [7, 11) is 0. The van der Waals surface area contributed by atoms with E-state index in [1.165, 1.54) is 6.07 Å². The van der Waals surface area contributed by atoms with Crippen LogP contribution in [0.25, 0.3) is 0 Å². The molecule has 0 amide bonds. The molecular formula is C11H14ClNO2. The summed E-state index contributed by atoms with van der Waals surface area (Å²) in [5.41, 5.74) is 7.07. The molecule has 0 heterocycles. The van der Waals surface area contributed by atoms with Gasteiger partial charge in [-0.25, -0.2) is 0 Å². The zero-order chi connectivity index (χ0) is 11.2. The maximum Gasteiger partial charge on any atom is 0.161 e. The third-order valence-electron chi connectivity index (χ3n) is 3.25. The van der Waals surface area contributed by atoms with Crippen LogP contribution in [0.4, 0.5) is 0 Å². The summed E-state index contributed by atoms with van der Waals surface area (Å²) in [4.78, 5) is 0. The van der Waals surface area contributed by atoms with Gasteiger partial charge in [-0.3, -0.25) is 0 Å². The van der Waals surface area contributed by atoms with E-state index in [4.69, 9.17) is 17.3 Å². The highest BCUT2D eigenvalue weighted by Gasteiger charge is 2.46. The van der Waals surface area contributed by atoms with E-state index in [-0.39, 0.29) is 16.9 Å². The Labute approximate surface area is 93.5 Å². The van der Waals surface area contributed by atoms with Crippen LogP contribution in [-0.4, -0.2) is 16.8 Å². The number of benzene rings is 1. The lowest BCUT2D eigenvalue weighted by Crippen LogP contribution is -2.21. The Morgan fingerprint density at radius 1 is 1.47 bits per heavy atom. The van der Waals surface area contributed by atoms with E-state index in [9.17, 15) is 10.2 Å². The first kappa shape index (κ1) is 10.6. The predicted molar refractivity (Wildman–Crippen MR) is 59.5 cm³/mol. The Morgan fingerprint density at radius 2 is 2.07 bits per heavy atom. The molecule has 1 aromatic rings. The minimum Gasteiger partial charge on any atom is -0.504 e. The quantitative estimate of drug-likeness (QED) is 0.678. The standard InChI is InChI=1S/C11H14ClNO2/c1-6-7(12)4-8(14)10(15)9(6)11(5-13)2-3-11/h4,14-15H,2-3,5,13H2,1H3. The summed E-state index contributed by atoms with van der Waals surface area (Å²) in [6.45, 7) is 2.31. The van der Waals surface area contributed by atoms with Gasteiger partial charge < -0.3 is 15.9 Å². The second-order valence-corrected chi connectivity index (χ2v) is 4.62. The molecule has 3 nitrogen and oxygen atoms in total. The van der Waals surface area contributed by atoms with Crippen molar-refractivity contribution in [1.82, 2.24) is 0 Å². The summed E-state index contributed by atoms with van der Waals surface area (Å²) in [6.07, 6.45) is 1.88. The van der Waals surface area contributed by atoms with Gasteiger partial charge in [0.25, 0.3) is 0 Å². The third-order valence-corrected chi connectivity index (χ3v) is 3.64. The minimum absolute atomic E-state index is 0.0696. The van der Waals surface area contributed by atoms with Crippen LogP contribution in [0, 0.1) is 6.92 Å². The van der Waals surface area contributed by atoms with Crippen molar-refractivity contribution < 1.29 is 10.2 Å². The van der Waals surface area contributed by atoms with Gasteiger partial charge in [0.1, 0.15) is 0 Å². The van der Waals surface area contributed by atoms with Crippen molar-refractivity contribution in [3.8, 4) is 11.5 Å². The molecule has 1 aliphatic rings. The van der Waals surface area contributed by atoms with Crippen molar-refractivity contribution in [2.24, 2.45) is 5.73 Å².